The quantitative estimate of drug-likeness (QED) is 0.844. The number of carbonyl (C=O) groups excluding carboxylic acids is 1. The van der Waals surface area contributed by atoms with Gasteiger partial charge in [0.05, 0.1) is 5.56 Å². The second-order valence-electron chi connectivity index (χ2n) is 6.32. The summed E-state index contributed by atoms with van der Waals surface area (Å²) < 4.78 is 0. The van der Waals surface area contributed by atoms with Crippen molar-refractivity contribution in [2.45, 2.75) is 40.7 Å². The van der Waals surface area contributed by atoms with E-state index in [1.807, 2.05) is 0 Å². The summed E-state index contributed by atoms with van der Waals surface area (Å²) >= 11 is 0. The van der Waals surface area contributed by atoms with Gasteiger partial charge in [-0.05, 0) is 29.4 Å². The van der Waals surface area contributed by atoms with Gasteiger partial charge in [-0.2, -0.15) is 0 Å². The predicted molar refractivity (Wildman–Crippen MR) is 71.7 cm³/mol. The molecule has 0 saturated heterocycles. The molecule has 0 heterocycles. The smallest absolute Gasteiger partial charge is 0.255 e. The summed E-state index contributed by atoms with van der Waals surface area (Å²) in [6, 6.07) is 5.38. The lowest BCUT2D eigenvalue weighted by Crippen LogP contribution is -2.29. The van der Waals surface area contributed by atoms with Crippen molar-refractivity contribution in [2.24, 2.45) is 10.8 Å². The van der Waals surface area contributed by atoms with Crippen molar-refractivity contribution in [1.82, 2.24) is 5.32 Å². The van der Waals surface area contributed by atoms with Crippen molar-refractivity contribution in [2.75, 3.05) is 0 Å². The zero-order valence-corrected chi connectivity index (χ0v) is 11.7. The molecule has 0 atom stereocenters. The predicted octanol–water partition coefficient (Wildman–Crippen LogP) is 2.87. The van der Waals surface area contributed by atoms with Gasteiger partial charge in [0.1, 0.15) is 5.75 Å². The number of aromatic hydroxyl groups is 1. The second kappa shape index (κ2) is 3.74. The Labute approximate surface area is 108 Å². The first kappa shape index (κ1) is 12.9. The van der Waals surface area contributed by atoms with Crippen LogP contribution in [-0.2, 0) is 0 Å². The molecule has 1 aromatic carbocycles. The van der Waals surface area contributed by atoms with E-state index in [0.717, 1.165) is 5.56 Å². The van der Waals surface area contributed by atoms with Crippen LogP contribution in [-0.4, -0.2) is 17.1 Å². The number of benzene rings is 1. The highest BCUT2D eigenvalue weighted by molar-refractivity contribution is 5.97. The zero-order valence-electron chi connectivity index (χ0n) is 11.7. The van der Waals surface area contributed by atoms with Gasteiger partial charge in [-0.25, -0.2) is 0 Å². The summed E-state index contributed by atoms with van der Waals surface area (Å²) in [5, 5.41) is 12.9. The standard InChI is InChI=1S/C15H21NO2/c1-9-7-6-8-10(11(9)17)12(18)16-13-14(2,3)15(13,4)5/h6-8,13,17H,1-5H3,(H,16,18). The first-order valence-electron chi connectivity index (χ1n) is 6.29. The third-order valence-electron chi connectivity index (χ3n) is 4.78. The van der Waals surface area contributed by atoms with Crippen LogP contribution in [0, 0.1) is 17.8 Å². The molecule has 0 bridgehead atoms. The topological polar surface area (TPSA) is 49.3 Å². The number of amides is 1. The van der Waals surface area contributed by atoms with Gasteiger partial charge in [-0.15, -0.1) is 0 Å². The van der Waals surface area contributed by atoms with E-state index in [0.29, 0.717) is 5.56 Å². The van der Waals surface area contributed by atoms with Gasteiger partial charge in [0.25, 0.3) is 5.91 Å². The van der Waals surface area contributed by atoms with Gasteiger partial charge in [0, 0.05) is 6.04 Å². The van der Waals surface area contributed by atoms with Crippen molar-refractivity contribution in [3.05, 3.63) is 29.3 Å². The third kappa shape index (κ3) is 1.69. The Morgan fingerprint density at radius 2 is 1.78 bits per heavy atom. The number of hydrogen-bond acceptors (Lipinski definition) is 2. The molecule has 1 saturated carbocycles. The molecule has 1 aromatic rings. The molecule has 0 aromatic heterocycles. The fraction of sp³-hybridized carbons (Fsp3) is 0.533. The lowest BCUT2D eigenvalue weighted by Gasteiger charge is -2.09. The van der Waals surface area contributed by atoms with E-state index in [4.69, 9.17) is 0 Å². The number of phenolic OH excluding ortho intramolecular Hbond substituents is 1. The molecule has 0 unspecified atom stereocenters. The monoisotopic (exact) mass is 247 g/mol. The molecule has 0 aliphatic heterocycles. The lowest BCUT2D eigenvalue weighted by atomic mass is 10.0. The second-order valence-corrected chi connectivity index (χ2v) is 6.32. The molecular weight excluding hydrogens is 226 g/mol. The van der Waals surface area contributed by atoms with Crippen LogP contribution in [0.25, 0.3) is 0 Å². The van der Waals surface area contributed by atoms with Gasteiger partial charge in [0.2, 0.25) is 0 Å². The number of aryl methyl sites for hydroxylation is 1. The highest BCUT2D eigenvalue weighted by atomic mass is 16.3. The Morgan fingerprint density at radius 1 is 1.22 bits per heavy atom. The third-order valence-corrected chi connectivity index (χ3v) is 4.78. The van der Waals surface area contributed by atoms with Crippen molar-refractivity contribution in [3.63, 3.8) is 0 Å². The normalized spacial score (nSPS) is 20.5. The summed E-state index contributed by atoms with van der Waals surface area (Å²) in [5.74, 6) is -0.119. The largest absolute Gasteiger partial charge is 0.507 e. The summed E-state index contributed by atoms with van der Waals surface area (Å²) in [7, 11) is 0. The van der Waals surface area contributed by atoms with E-state index in [-0.39, 0.29) is 28.5 Å². The fourth-order valence-corrected chi connectivity index (χ4v) is 2.61. The first-order chi connectivity index (χ1) is 8.19. The molecule has 3 nitrogen and oxygen atoms in total. The molecule has 1 aliphatic rings. The number of nitrogens with one attached hydrogen (secondary N) is 1. The van der Waals surface area contributed by atoms with E-state index < -0.39 is 0 Å². The van der Waals surface area contributed by atoms with Gasteiger partial charge in [-0.3, -0.25) is 4.79 Å². The highest BCUT2D eigenvalue weighted by Gasteiger charge is 2.65. The summed E-state index contributed by atoms with van der Waals surface area (Å²) in [4.78, 5) is 12.2. The molecule has 2 N–H and O–H groups in total. The van der Waals surface area contributed by atoms with Gasteiger partial charge < -0.3 is 10.4 Å². The van der Waals surface area contributed by atoms with Crippen LogP contribution in [0.1, 0.15) is 43.6 Å². The molecule has 3 heteroatoms. The Balaban J connectivity index is 2.18. The van der Waals surface area contributed by atoms with Crippen LogP contribution in [0.2, 0.25) is 0 Å². The molecule has 1 amide bonds. The van der Waals surface area contributed by atoms with Crippen molar-refractivity contribution < 1.29 is 9.90 Å². The maximum absolute atomic E-state index is 12.2. The summed E-state index contributed by atoms with van der Waals surface area (Å²) in [5.41, 5.74) is 1.27. The average Bonchev–Trinajstić information content (AvgIpc) is 2.65. The minimum atomic E-state index is -0.195. The van der Waals surface area contributed by atoms with E-state index in [2.05, 4.69) is 33.0 Å². The number of carbonyl (C=O) groups is 1. The summed E-state index contributed by atoms with van der Waals surface area (Å²) in [6.45, 7) is 10.4. The molecule has 0 radical (unpaired) electrons. The van der Waals surface area contributed by atoms with Crippen LogP contribution >= 0.6 is 0 Å². The van der Waals surface area contributed by atoms with Crippen molar-refractivity contribution in [1.29, 1.82) is 0 Å². The maximum Gasteiger partial charge on any atom is 0.255 e. The molecular formula is C15H21NO2. The Morgan fingerprint density at radius 3 is 2.28 bits per heavy atom. The Bertz CT molecular complexity index is 489. The first-order valence-corrected chi connectivity index (χ1v) is 6.29. The molecule has 1 aliphatic carbocycles. The fourth-order valence-electron chi connectivity index (χ4n) is 2.61. The number of rotatable bonds is 2. The number of para-hydroxylation sites is 1. The molecule has 1 fully saturated rings. The molecule has 98 valence electrons. The van der Waals surface area contributed by atoms with Crippen LogP contribution in [0.5, 0.6) is 5.75 Å². The molecule has 18 heavy (non-hydrogen) atoms. The van der Waals surface area contributed by atoms with E-state index in [1.54, 1.807) is 25.1 Å². The van der Waals surface area contributed by atoms with E-state index in [9.17, 15) is 9.90 Å². The van der Waals surface area contributed by atoms with Crippen LogP contribution < -0.4 is 5.32 Å². The van der Waals surface area contributed by atoms with E-state index in [1.165, 1.54) is 0 Å². The minimum absolute atomic E-state index is 0.0752. The Hall–Kier alpha value is -1.51. The lowest BCUT2D eigenvalue weighted by molar-refractivity contribution is 0.0941. The van der Waals surface area contributed by atoms with Crippen molar-refractivity contribution in [3.8, 4) is 5.75 Å². The number of hydrogen-bond donors (Lipinski definition) is 2. The molecule has 0 spiro atoms. The zero-order chi connectivity index (χ0) is 13.7. The van der Waals surface area contributed by atoms with Crippen LogP contribution in [0.3, 0.4) is 0 Å². The summed E-state index contributed by atoms with van der Waals surface area (Å²) in [6.07, 6.45) is 0. The SMILES string of the molecule is Cc1cccc(C(=O)NC2C(C)(C)C2(C)C)c1O. The minimum Gasteiger partial charge on any atom is -0.507 e. The number of phenols is 1. The van der Waals surface area contributed by atoms with Crippen LogP contribution in [0.4, 0.5) is 0 Å². The van der Waals surface area contributed by atoms with Gasteiger partial charge in [0.15, 0.2) is 0 Å². The highest BCUT2D eigenvalue weighted by Crippen LogP contribution is 2.62. The van der Waals surface area contributed by atoms with E-state index >= 15 is 0 Å². The Kier molecular flexibility index (Phi) is 2.69. The van der Waals surface area contributed by atoms with Crippen molar-refractivity contribution >= 4 is 5.91 Å². The van der Waals surface area contributed by atoms with Gasteiger partial charge in [-0.1, -0.05) is 39.8 Å². The van der Waals surface area contributed by atoms with Crippen LogP contribution in [0.15, 0.2) is 18.2 Å². The average molecular weight is 247 g/mol. The molecule has 2 rings (SSSR count). The maximum atomic E-state index is 12.2. The van der Waals surface area contributed by atoms with Gasteiger partial charge >= 0.3 is 0 Å².